The third-order valence-electron chi connectivity index (χ3n) is 2.66. The van der Waals surface area contributed by atoms with Crippen LogP contribution < -0.4 is 11.1 Å². The summed E-state index contributed by atoms with van der Waals surface area (Å²) in [5.41, 5.74) is 5.25. The van der Waals surface area contributed by atoms with Gasteiger partial charge in [-0.1, -0.05) is 0 Å². The second-order valence-corrected chi connectivity index (χ2v) is 4.30. The minimum Gasteiger partial charge on any atom is -0.399 e. The lowest BCUT2D eigenvalue weighted by Gasteiger charge is -2.09. The molecule has 0 aromatic heterocycles. The topological polar surface area (TPSA) is 47.3 Å². The molecule has 3 N–H and O–H groups in total. The lowest BCUT2D eigenvalue weighted by atomic mass is 10.2. The molecule has 1 fully saturated rings. The van der Waals surface area contributed by atoms with Crippen LogP contribution in [0, 0.1) is 17.6 Å². The Morgan fingerprint density at radius 2 is 1.94 bits per heavy atom. The van der Waals surface area contributed by atoms with E-state index < -0.39 is 11.6 Å². The van der Waals surface area contributed by atoms with Gasteiger partial charge in [-0.15, -0.1) is 0 Å². The van der Waals surface area contributed by atoms with Crippen LogP contribution >= 0.6 is 0 Å². The molecule has 0 unspecified atom stereocenters. The zero-order valence-corrected chi connectivity index (χ0v) is 9.51. The molecule has 0 aliphatic heterocycles. The summed E-state index contributed by atoms with van der Waals surface area (Å²) in [4.78, 5) is 0. The van der Waals surface area contributed by atoms with Crippen molar-refractivity contribution in [2.75, 3.05) is 30.8 Å². The molecule has 17 heavy (non-hydrogen) atoms. The highest BCUT2D eigenvalue weighted by Crippen LogP contribution is 2.28. The molecule has 5 heteroatoms. The van der Waals surface area contributed by atoms with E-state index in [4.69, 9.17) is 10.5 Å². The summed E-state index contributed by atoms with van der Waals surface area (Å²) in [6, 6.07) is 2.19. The van der Waals surface area contributed by atoms with Crippen molar-refractivity contribution >= 4 is 11.4 Å². The predicted octanol–water partition coefficient (Wildman–Crippen LogP) is 2.39. The highest BCUT2D eigenvalue weighted by molar-refractivity contribution is 5.53. The second-order valence-electron chi connectivity index (χ2n) is 4.30. The maximum Gasteiger partial charge on any atom is 0.151 e. The highest BCUT2D eigenvalue weighted by Gasteiger charge is 2.20. The average Bonchev–Trinajstić information content (AvgIpc) is 3.04. The molecule has 0 heterocycles. The van der Waals surface area contributed by atoms with Crippen LogP contribution in [0.1, 0.15) is 12.8 Å². The Kier molecular flexibility index (Phi) is 3.78. The molecule has 0 amide bonds. The molecule has 1 aromatic carbocycles. The fourth-order valence-electron chi connectivity index (χ4n) is 1.54. The quantitative estimate of drug-likeness (QED) is 0.594. The van der Waals surface area contributed by atoms with Gasteiger partial charge in [0.2, 0.25) is 0 Å². The monoisotopic (exact) mass is 242 g/mol. The summed E-state index contributed by atoms with van der Waals surface area (Å²) in [6.07, 6.45) is 2.46. The normalized spacial score (nSPS) is 14.9. The molecular formula is C12H16F2N2O. The summed E-state index contributed by atoms with van der Waals surface area (Å²) in [5.74, 6) is -0.658. The predicted molar refractivity (Wildman–Crippen MR) is 62.8 cm³/mol. The van der Waals surface area contributed by atoms with E-state index in [1.807, 2.05) is 0 Å². The van der Waals surface area contributed by atoms with Crippen molar-refractivity contribution in [3.63, 3.8) is 0 Å². The number of halogens is 2. The maximum absolute atomic E-state index is 13.3. The van der Waals surface area contributed by atoms with E-state index in [1.54, 1.807) is 0 Å². The molecule has 3 nitrogen and oxygen atoms in total. The number of nitrogens with one attached hydrogen (secondary N) is 1. The van der Waals surface area contributed by atoms with Crippen LogP contribution in [0.3, 0.4) is 0 Å². The first kappa shape index (κ1) is 12.1. The fourth-order valence-corrected chi connectivity index (χ4v) is 1.54. The first-order chi connectivity index (χ1) is 8.16. The summed E-state index contributed by atoms with van der Waals surface area (Å²) in [7, 11) is 0. The van der Waals surface area contributed by atoms with Gasteiger partial charge < -0.3 is 15.8 Å². The third-order valence-corrected chi connectivity index (χ3v) is 2.66. The Morgan fingerprint density at radius 1 is 1.29 bits per heavy atom. The van der Waals surface area contributed by atoms with E-state index in [0.29, 0.717) is 19.1 Å². The number of nitrogens with two attached hydrogens (primary N) is 1. The molecule has 0 atom stereocenters. The first-order valence-corrected chi connectivity index (χ1v) is 5.73. The molecule has 1 aromatic rings. The Bertz CT molecular complexity index is 371. The molecule has 1 saturated carbocycles. The van der Waals surface area contributed by atoms with Gasteiger partial charge in [0.1, 0.15) is 5.69 Å². The number of anilines is 2. The zero-order chi connectivity index (χ0) is 12.3. The molecule has 1 aliphatic carbocycles. The van der Waals surface area contributed by atoms with Gasteiger partial charge in [-0.2, -0.15) is 0 Å². The molecule has 0 radical (unpaired) electrons. The van der Waals surface area contributed by atoms with Gasteiger partial charge in [0.05, 0.1) is 6.61 Å². The van der Waals surface area contributed by atoms with E-state index in [0.717, 1.165) is 18.7 Å². The van der Waals surface area contributed by atoms with E-state index >= 15 is 0 Å². The van der Waals surface area contributed by atoms with E-state index in [9.17, 15) is 8.78 Å². The Hall–Kier alpha value is -1.36. The van der Waals surface area contributed by atoms with Crippen LogP contribution in [0.25, 0.3) is 0 Å². The van der Waals surface area contributed by atoms with Crippen molar-refractivity contribution in [1.29, 1.82) is 0 Å². The van der Waals surface area contributed by atoms with Gasteiger partial charge in [-0.25, -0.2) is 8.78 Å². The number of rotatable bonds is 6. The van der Waals surface area contributed by atoms with Crippen LogP contribution in [0.4, 0.5) is 20.2 Å². The lowest BCUT2D eigenvalue weighted by Crippen LogP contribution is -2.12. The van der Waals surface area contributed by atoms with Crippen LogP contribution in [0.5, 0.6) is 0 Å². The van der Waals surface area contributed by atoms with Crippen LogP contribution in [-0.4, -0.2) is 19.8 Å². The van der Waals surface area contributed by atoms with Crippen molar-refractivity contribution in [1.82, 2.24) is 0 Å². The van der Waals surface area contributed by atoms with Crippen molar-refractivity contribution in [2.24, 2.45) is 5.92 Å². The van der Waals surface area contributed by atoms with Crippen LogP contribution in [0.2, 0.25) is 0 Å². The molecule has 0 saturated heterocycles. The van der Waals surface area contributed by atoms with Crippen molar-refractivity contribution < 1.29 is 13.5 Å². The summed E-state index contributed by atoms with van der Waals surface area (Å²) >= 11 is 0. The minimum absolute atomic E-state index is 0.0792. The van der Waals surface area contributed by atoms with Crippen molar-refractivity contribution in [3.05, 3.63) is 23.8 Å². The minimum atomic E-state index is -0.676. The summed E-state index contributed by atoms with van der Waals surface area (Å²) in [6.45, 7) is 1.57. The Labute approximate surface area is 98.9 Å². The van der Waals surface area contributed by atoms with Gasteiger partial charge in [0.25, 0.3) is 0 Å². The lowest BCUT2D eigenvalue weighted by molar-refractivity contribution is 0.134. The van der Waals surface area contributed by atoms with Gasteiger partial charge in [-0.05, 0) is 30.9 Å². The SMILES string of the molecule is Nc1cc(F)c(NCCOCC2CC2)c(F)c1. The molecule has 2 rings (SSSR count). The molecular weight excluding hydrogens is 226 g/mol. The molecule has 94 valence electrons. The van der Waals surface area contributed by atoms with Gasteiger partial charge in [-0.3, -0.25) is 0 Å². The Balaban J connectivity index is 1.77. The largest absolute Gasteiger partial charge is 0.399 e. The molecule has 0 bridgehead atoms. The smallest absolute Gasteiger partial charge is 0.151 e. The number of hydrogen-bond donors (Lipinski definition) is 2. The van der Waals surface area contributed by atoms with Crippen molar-refractivity contribution in [3.8, 4) is 0 Å². The van der Waals surface area contributed by atoms with Crippen LogP contribution in [0.15, 0.2) is 12.1 Å². The number of ether oxygens (including phenoxy) is 1. The number of hydrogen-bond acceptors (Lipinski definition) is 3. The zero-order valence-electron chi connectivity index (χ0n) is 9.51. The number of benzene rings is 1. The van der Waals surface area contributed by atoms with Crippen LogP contribution in [-0.2, 0) is 4.74 Å². The van der Waals surface area contributed by atoms with Gasteiger partial charge in [0.15, 0.2) is 11.6 Å². The van der Waals surface area contributed by atoms with E-state index in [2.05, 4.69) is 5.32 Å². The second kappa shape index (κ2) is 5.31. The third kappa shape index (κ3) is 3.56. The first-order valence-electron chi connectivity index (χ1n) is 5.73. The van der Waals surface area contributed by atoms with Gasteiger partial charge in [0, 0.05) is 18.8 Å². The van der Waals surface area contributed by atoms with E-state index in [-0.39, 0.29) is 11.4 Å². The fraction of sp³-hybridized carbons (Fsp3) is 0.500. The summed E-state index contributed by atoms with van der Waals surface area (Å²) < 4.78 is 32.0. The molecule has 1 aliphatic rings. The summed E-state index contributed by atoms with van der Waals surface area (Å²) in [5, 5.41) is 2.67. The average molecular weight is 242 g/mol. The Morgan fingerprint density at radius 3 is 2.53 bits per heavy atom. The maximum atomic E-state index is 13.3. The van der Waals surface area contributed by atoms with E-state index in [1.165, 1.54) is 12.8 Å². The van der Waals surface area contributed by atoms with Crippen molar-refractivity contribution in [2.45, 2.75) is 12.8 Å². The van der Waals surface area contributed by atoms with Gasteiger partial charge >= 0.3 is 0 Å². The highest BCUT2D eigenvalue weighted by atomic mass is 19.1. The standard InChI is InChI=1S/C12H16F2N2O/c13-10-5-9(15)6-11(14)12(10)16-3-4-17-7-8-1-2-8/h5-6,8,16H,1-4,7,15H2. The molecule has 0 spiro atoms. The number of nitrogen functional groups attached to an aromatic ring is 1.